The van der Waals surface area contributed by atoms with Crippen molar-refractivity contribution < 1.29 is 14.6 Å². The first-order valence-electron chi connectivity index (χ1n) is 8.93. The van der Waals surface area contributed by atoms with Crippen LogP contribution in [0.4, 0.5) is 0 Å². The van der Waals surface area contributed by atoms with Gasteiger partial charge in [-0.15, -0.1) is 0 Å². The van der Waals surface area contributed by atoms with Crippen LogP contribution in [0.3, 0.4) is 0 Å². The van der Waals surface area contributed by atoms with Gasteiger partial charge in [0.25, 0.3) is 0 Å². The maximum Gasteiger partial charge on any atom is 0.205 e. The summed E-state index contributed by atoms with van der Waals surface area (Å²) in [5.41, 5.74) is 8.81. The van der Waals surface area contributed by atoms with E-state index in [1.807, 2.05) is 48.5 Å². The van der Waals surface area contributed by atoms with E-state index in [0.29, 0.717) is 28.7 Å². The Morgan fingerprint density at radius 1 is 1.10 bits per heavy atom. The fourth-order valence-corrected chi connectivity index (χ4v) is 3.51. The number of aromatic hydroxyl groups is 1. The molecule has 6 heteroatoms. The number of benzene rings is 3. The molecule has 144 valence electrons. The molecule has 1 aliphatic heterocycles. The number of halogens is 1. The quantitative estimate of drug-likeness (QED) is 0.649. The van der Waals surface area contributed by atoms with Crippen molar-refractivity contribution in [3.63, 3.8) is 0 Å². The van der Waals surface area contributed by atoms with Crippen molar-refractivity contribution in [2.45, 2.75) is 12.5 Å². The first kappa shape index (κ1) is 18.7. The molecule has 1 aliphatic rings. The van der Waals surface area contributed by atoms with Gasteiger partial charge in [0.15, 0.2) is 0 Å². The van der Waals surface area contributed by atoms with Crippen molar-refractivity contribution in [3.05, 3.63) is 99.9 Å². The summed E-state index contributed by atoms with van der Waals surface area (Å²) in [6, 6.07) is 21.9. The van der Waals surface area contributed by atoms with Crippen molar-refractivity contribution in [2.75, 3.05) is 0 Å². The number of ether oxygens (including phenoxy) is 2. The van der Waals surface area contributed by atoms with E-state index in [1.54, 1.807) is 12.1 Å². The zero-order valence-electron chi connectivity index (χ0n) is 15.3. The Labute approximate surface area is 173 Å². The predicted octanol–water partition coefficient (Wildman–Crippen LogP) is 4.84. The number of allylic oxidation sites excluding steroid dienone is 1. The summed E-state index contributed by atoms with van der Waals surface area (Å²) in [4.78, 5) is 0. The molecule has 0 aromatic heterocycles. The van der Waals surface area contributed by atoms with Crippen LogP contribution in [-0.2, 0) is 6.61 Å². The first-order valence-corrected chi connectivity index (χ1v) is 9.31. The highest BCUT2D eigenvalue weighted by atomic mass is 35.5. The Morgan fingerprint density at radius 3 is 2.59 bits per heavy atom. The van der Waals surface area contributed by atoms with E-state index in [0.717, 1.165) is 16.7 Å². The minimum Gasteiger partial charge on any atom is -0.508 e. The summed E-state index contributed by atoms with van der Waals surface area (Å²) in [6.07, 6.45) is 0. The number of phenols is 1. The lowest BCUT2D eigenvalue weighted by molar-refractivity contribution is 0.306. The molecule has 3 N–H and O–H groups in total. The number of phenolic OH excluding ortho intramolecular Hbond substituents is 1. The summed E-state index contributed by atoms with van der Waals surface area (Å²) in [5, 5.41) is 20.0. The van der Waals surface area contributed by atoms with Crippen LogP contribution in [0.5, 0.6) is 17.2 Å². The number of fused-ring (bicyclic) bond motifs is 1. The lowest BCUT2D eigenvalue weighted by atomic mass is 9.83. The van der Waals surface area contributed by atoms with E-state index >= 15 is 0 Å². The number of nitriles is 1. The van der Waals surface area contributed by atoms with Crippen LogP contribution in [-0.4, -0.2) is 5.11 Å². The second-order valence-corrected chi connectivity index (χ2v) is 7.00. The Balaban J connectivity index is 1.61. The van der Waals surface area contributed by atoms with Gasteiger partial charge in [-0.25, -0.2) is 0 Å². The number of nitrogens with zero attached hydrogens (tertiary/aromatic N) is 1. The number of rotatable bonds is 4. The molecular weight excluding hydrogens is 388 g/mol. The van der Waals surface area contributed by atoms with Gasteiger partial charge in [-0.05, 0) is 29.8 Å². The molecule has 4 rings (SSSR count). The Kier molecular flexibility index (Phi) is 5.03. The number of hydrogen-bond donors (Lipinski definition) is 2. The Hall–Kier alpha value is -3.62. The minimum absolute atomic E-state index is 0.0367. The van der Waals surface area contributed by atoms with Gasteiger partial charge < -0.3 is 20.3 Å². The van der Waals surface area contributed by atoms with Gasteiger partial charge >= 0.3 is 0 Å². The predicted molar refractivity (Wildman–Crippen MR) is 110 cm³/mol. The van der Waals surface area contributed by atoms with Gasteiger partial charge in [0.2, 0.25) is 5.88 Å². The second-order valence-electron chi connectivity index (χ2n) is 6.60. The Morgan fingerprint density at radius 2 is 1.86 bits per heavy atom. The van der Waals surface area contributed by atoms with Gasteiger partial charge in [-0.2, -0.15) is 5.26 Å². The zero-order valence-corrected chi connectivity index (χ0v) is 16.1. The topological polar surface area (TPSA) is 88.5 Å². The molecule has 0 aliphatic carbocycles. The summed E-state index contributed by atoms with van der Waals surface area (Å²) in [6.45, 7) is 0.356. The minimum atomic E-state index is -0.387. The molecule has 0 bridgehead atoms. The van der Waals surface area contributed by atoms with Crippen LogP contribution in [0.15, 0.2) is 78.2 Å². The maximum absolute atomic E-state index is 9.74. The largest absolute Gasteiger partial charge is 0.508 e. The normalized spacial score (nSPS) is 15.2. The molecular formula is C23H17ClN2O3. The molecule has 0 saturated carbocycles. The fraction of sp³-hybridized carbons (Fsp3) is 0.0870. The van der Waals surface area contributed by atoms with Gasteiger partial charge in [0.05, 0.1) is 5.92 Å². The van der Waals surface area contributed by atoms with Gasteiger partial charge in [-0.1, -0.05) is 48.0 Å². The van der Waals surface area contributed by atoms with E-state index in [4.69, 9.17) is 26.8 Å². The molecule has 0 saturated heterocycles. The second kappa shape index (κ2) is 7.78. The molecule has 0 fully saturated rings. The van der Waals surface area contributed by atoms with E-state index in [-0.39, 0.29) is 17.6 Å². The van der Waals surface area contributed by atoms with Crippen molar-refractivity contribution in [1.29, 1.82) is 5.26 Å². The molecule has 0 radical (unpaired) electrons. The van der Waals surface area contributed by atoms with E-state index in [2.05, 4.69) is 6.07 Å². The molecule has 1 unspecified atom stereocenters. The monoisotopic (exact) mass is 404 g/mol. The van der Waals surface area contributed by atoms with Crippen LogP contribution >= 0.6 is 11.6 Å². The van der Waals surface area contributed by atoms with Crippen LogP contribution in [0.2, 0.25) is 5.02 Å². The smallest absolute Gasteiger partial charge is 0.205 e. The number of hydrogen-bond acceptors (Lipinski definition) is 5. The lowest BCUT2D eigenvalue weighted by Gasteiger charge is -2.26. The average Bonchev–Trinajstić information content (AvgIpc) is 2.72. The molecule has 0 amide bonds. The van der Waals surface area contributed by atoms with Crippen molar-refractivity contribution in [1.82, 2.24) is 0 Å². The third-order valence-corrected chi connectivity index (χ3v) is 5.14. The highest BCUT2D eigenvalue weighted by Gasteiger charge is 2.30. The molecule has 5 nitrogen and oxygen atoms in total. The molecule has 1 atom stereocenters. The molecule has 3 aromatic rings. The maximum atomic E-state index is 9.74. The lowest BCUT2D eigenvalue weighted by Crippen LogP contribution is -2.20. The zero-order chi connectivity index (χ0) is 20.4. The van der Waals surface area contributed by atoms with Gasteiger partial charge in [0.1, 0.15) is 35.5 Å². The van der Waals surface area contributed by atoms with Gasteiger partial charge in [0, 0.05) is 22.2 Å². The third-order valence-electron chi connectivity index (χ3n) is 4.77. The summed E-state index contributed by atoms with van der Waals surface area (Å²) < 4.78 is 11.4. The van der Waals surface area contributed by atoms with E-state index < -0.39 is 0 Å². The summed E-state index contributed by atoms with van der Waals surface area (Å²) in [7, 11) is 0. The summed E-state index contributed by atoms with van der Waals surface area (Å²) >= 11 is 6.16. The fourth-order valence-electron chi connectivity index (χ4n) is 3.32. The average molecular weight is 405 g/mol. The molecule has 0 spiro atoms. The third kappa shape index (κ3) is 3.71. The van der Waals surface area contributed by atoms with Crippen molar-refractivity contribution >= 4 is 11.6 Å². The highest BCUT2D eigenvalue weighted by molar-refractivity contribution is 6.31. The van der Waals surface area contributed by atoms with Crippen LogP contribution < -0.4 is 15.2 Å². The van der Waals surface area contributed by atoms with Crippen LogP contribution in [0, 0.1) is 11.3 Å². The van der Waals surface area contributed by atoms with Crippen LogP contribution in [0.1, 0.15) is 22.6 Å². The highest BCUT2D eigenvalue weighted by Crippen LogP contribution is 2.43. The van der Waals surface area contributed by atoms with E-state index in [1.165, 1.54) is 6.07 Å². The summed E-state index contributed by atoms with van der Waals surface area (Å²) in [5.74, 6) is 0.836. The molecule has 29 heavy (non-hydrogen) atoms. The molecule has 3 aromatic carbocycles. The van der Waals surface area contributed by atoms with Crippen molar-refractivity contribution in [3.8, 4) is 23.3 Å². The SMILES string of the molecule is N#CC1=C(N)Oc2cc(O)ccc2C1c1ccc(OCc2ccccc2Cl)cc1. The number of nitrogens with two attached hydrogens (primary N) is 1. The van der Waals surface area contributed by atoms with Crippen LogP contribution in [0.25, 0.3) is 0 Å². The van der Waals surface area contributed by atoms with Gasteiger partial charge in [-0.3, -0.25) is 0 Å². The van der Waals surface area contributed by atoms with Crippen molar-refractivity contribution in [2.24, 2.45) is 5.73 Å². The van der Waals surface area contributed by atoms with E-state index in [9.17, 15) is 10.4 Å². The molecule has 1 heterocycles. The Bertz CT molecular complexity index is 1130. The first-order chi connectivity index (χ1) is 14.1. The standard InChI is InChI=1S/C23H17ClN2O3/c24-20-4-2-1-3-15(20)13-28-17-8-5-14(6-9-17)22-18-10-7-16(27)11-21(18)29-23(26)19(22)12-25/h1-11,22,27H,13,26H2.